The monoisotopic (exact) mass is 384 g/mol. The summed E-state index contributed by atoms with van der Waals surface area (Å²) < 4.78 is 10.4. The molecule has 0 N–H and O–H groups in total. The van der Waals surface area contributed by atoms with Crippen LogP contribution in [0.5, 0.6) is 11.5 Å². The molecule has 0 bridgehead atoms. The Bertz CT molecular complexity index is 905. The normalized spacial score (nSPS) is 14.4. The van der Waals surface area contributed by atoms with Gasteiger partial charge in [-0.3, -0.25) is 15.0 Å². The number of methoxy groups -OCH3 is 2. The van der Waals surface area contributed by atoms with Crippen LogP contribution in [0, 0.1) is 21.4 Å². The maximum atomic E-state index is 11.5. The van der Waals surface area contributed by atoms with E-state index in [4.69, 9.17) is 9.47 Å². The minimum Gasteiger partial charge on any atom is -0.493 e. The fraction of sp³-hybridized carbons (Fsp3) is 0.389. The van der Waals surface area contributed by atoms with Crippen LogP contribution in [0.3, 0.4) is 0 Å². The van der Waals surface area contributed by atoms with Crippen LogP contribution >= 0.6 is 0 Å². The zero-order valence-corrected chi connectivity index (χ0v) is 15.7. The highest BCUT2D eigenvalue weighted by molar-refractivity contribution is 5.54. The Balaban J connectivity index is 1.74. The predicted octanol–water partition coefficient (Wildman–Crippen LogP) is 1.60. The number of nitrogens with zero attached hydrogens (tertiary/aromatic N) is 6. The van der Waals surface area contributed by atoms with E-state index in [0.717, 1.165) is 0 Å². The van der Waals surface area contributed by atoms with Gasteiger partial charge in [-0.25, -0.2) is 9.97 Å². The highest BCUT2D eigenvalue weighted by Gasteiger charge is 2.25. The summed E-state index contributed by atoms with van der Waals surface area (Å²) in [6.45, 7) is 3.05. The lowest BCUT2D eigenvalue weighted by molar-refractivity contribution is -0.385. The van der Waals surface area contributed by atoms with E-state index >= 15 is 0 Å². The summed E-state index contributed by atoms with van der Waals surface area (Å²) in [7, 11) is 2.95. The first-order valence-corrected chi connectivity index (χ1v) is 8.65. The van der Waals surface area contributed by atoms with Gasteiger partial charge in [0.05, 0.1) is 25.2 Å². The van der Waals surface area contributed by atoms with E-state index in [0.29, 0.717) is 61.3 Å². The number of benzene rings is 1. The number of rotatable bonds is 6. The molecule has 28 heavy (non-hydrogen) atoms. The molecule has 2 heterocycles. The van der Waals surface area contributed by atoms with Crippen molar-refractivity contribution in [2.45, 2.75) is 6.54 Å². The molecule has 0 saturated carbocycles. The quantitative estimate of drug-likeness (QED) is 0.540. The number of hydrogen-bond donors (Lipinski definition) is 0. The smallest absolute Gasteiger partial charge is 0.277 e. The third-order valence-electron chi connectivity index (χ3n) is 4.63. The van der Waals surface area contributed by atoms with Gasteiger partial charge in [0.25, 0.3) is 5.69 Å². The van der Waals surface area contributed by atoms with E-state index in [2.05, 4.69) is 20.9 Å². The number of hydrogen-bond acceptors (Lipinski definition) is 9. The van der Waals surface area contributed by atoms with Crippen LogP contribution in [-0.2, 0) is 6.54 Å². The first-order valence-electron chi connectivity index (χ1n) is 8.65. The zero-order chi connectivity index (χ0) is 20.1. The molecule has 3 rings (SSSR count). The minimum absolute atomic E-state index is 0.000715. The van der Waals surface area contributed by atoms with Crippen LogP contribution in [0.1, 0.15) is 11.3 Å². The molecule has 1 aromatic heterocycles. The van der Waals surface area contributed by atoms with Gasteiger partial charge in [-0.2, -0.15) is 5.26 Å². The molecule has 0 aliphatic carbocycles. The minimum atomic E-state index is -0.410. The van der Waals surface area contributed by atoms with Gasteiger partial charge < -0.3 is 14.4 Å². The summed E-state index contributed by atoms with van der Waals surface area (Å²) in [5, 5.41) is 20.7. The van der Waals surface area contributed by atoms with Crippen LogP contribution in [0.2, 0.25) is 0 Å². The van der Waals surface area contributed by atoms with Crippen molar-refractivity contribution in [2.24, 2.45) is 0 Å². The van der Waals surface area contributed by atoms with Crippen molar-refractivity contribution in [2.75, 3.05) is 45.3 Å². The standard InChI is InChI=1S/C18H20N6O4/c1-27-16-9-13(15(24(25)26)10-17(16)28-2)12-22-5-7-23(8-6-22)18-14(11-19)20-3-4-21-18/h3-4,9-10H,5-8,12H2,1-2H3. The van der Waals surface area contributed by atoms with Gasteiger partial charge in [0.2, 0.25) is 0 Å². The van der Waals surface area contributed by atoms with Crippen molar-refractivity contribution in [3.05, 3.63) is 45.9 Å². The topological polar surface area (TPSA) is 118 Å². The molecule has 146 valence electrons. The van der Waals surface area contributed by atoms with Crippen molar-refractivity contribution in [1.82, 2.24) is 14.9 Å². The number of nitro groups is 1. The first kappa shape index (κ1) is 19.3. The molecule has 10 heteroatoms. The van der Waals surface area contributed by atoms with Crippen LogP contribution < -0.4 is 14.4 Å². The molecule has 1 aliphatic heterocycles. The van der Waals surface area contributed by atoms with E-state index in [1.54, 1.807) is 12.3 Å². The second-order valence-electron chi connectivity index (χ2n) is 6.20. The third kappa shape index (κ3) is 3.94. The Morgan fingerprint density at radius 1 is 1.14 bits per heavy atom. The molecular formula is C18H20N6O4. The molecule has 1 aliphatic rings. The highest BCUT2D eigenvalue weighted by atomic mass is 16.6. The molecular weight excluding hydrogens is 364 g/mol. The predicted molar refractivity (Wildman–Crippen MR) is 100 cm³/mol. The van der Waals surface area contributed by atoms with Crippen LogP contribution in [0.15, 0.2) is 24.5 Å². The van der Waals surface area contributed by atoms with Crippen LogP contribution in [0.25, 0.3) is 0 Å². The molecule has 0 atom stereocenters. The lowest BCUT2D eigenvalue weighted by atomic mass is 10.1. The van der Waals surface area contributed by atoms with Gasteiger partial charge in [0.1, 0.15) is 6.07 Å². The number of ether oxygens (including phenoxy) is 2. The van der Waals surface area contributed by atoms with Gasteiger partial charge in [-0.1, -0.05) is 0 Å². The van der Waals surface area contributed by atoms with Gasteiger partial charge in [-0.15, -0.1) is 0 Å². The summed E-state index contributed by atoms with van der Waals surface area (Å²) in [5.74, 6) is 1.36. The Morgan fingerprint density at radius 3 is 2.39 bits per heavy atom. The zero-order valence-electron chi connectivity index (χ0n) is 15.7. The average Bonchev–Trinajstić information content (AvgIpc) is 2.73. The van der Waals surface area contributed by atoms with Crippen molar-refractivity contribution in [3.63, 3.8) is 0 Å². The molecule has 1 fully saturated rings. The summed E-state index contributed by atoms with van der Waals surface area (Å²) in [5.41, 5.74) is 0.862. The van der Waals surface area contributed by atoms with Crippen molar-refractivity contribution >= 4 is 11.5 Å². The lowest BCUT2D eigenvalue weighted by Gasteiger charge is -2.35. The molecule has 2 aromatic rings. The fourth-order valence-electron chi connectivity index (χ4n) is 3.21. The largest absolute Gasteiger partial charge is 0.493 e. The highest BCUT2D eigenvalue weighted by Crippen LogP contribution is 2.35. The summed E-state index contributed by atoms with van der Waals surface area (Å²) in [6.07, 6.45) is 3.06. The van der Waals surface area contributed by atoms with Crippen LogP contribution in [0.4, 0.5) is 11.5 Å². The van der Waals surface area contributed by atoms with E-state index in [1.807, 2.05) is 4.90 Å². The Labute approximate surface area is 162 Å². The van der Waals surface area contributed by atoms with E-state index in [1.165, 1.54) is 26.5 Å². The fourth-order valence-corrected chi connectivity index (χ4v) is 3.21. The Kier molecular flexibility index (Phi) is 5.86. The first-order chi connectivity index (χ1) is 13.6. The molecule has 1 aromatic carbocycles. The van der Waals surface area contributed by atoms with Gasteiger partial charge in [-0.05, 0) is 6.07 Å². The number of nitriles is 1. The maximum absolute atomic E-state index is 11.5. The Hall–Kier alpha value is -3.45. The second-order valence-corrected chi connectivity index (χ2v) is 6.20. The molecule has 0 radical (unpaired) electrons. The van der Waals surface area contributed by atoms with Gasteiger partial charge in [0.15, 0.2) is 23.0 Å². The van der Waals surface area contributed by atoms with Crippen molar-refractivity contribution in [1.29, 1.82) is 5.26 Å². The maximum Gasteiger partial charge on any atom is 0.277 e. The SMILES string of the molecule is COc1cc(CN2CCN(c3nccnc3C#N)CC2)c([N+](=O)[O-])cc1OC. The summed E-state index contributed by atoms with van der Waals surface area (Å²) in [4.78, 5) is 23.5. The number of aromatic nitrogens is 2. The number of piperazine rings is 1. The summed E-state index contributed by atoms with van der Waals surface area (Å²) in [6, 6.07) is 5.10. The summed E-state index contributed by atoms with van der Waals surface area (Å²) >= 11 is 0. The van der Waals surface area contributed by atoms with E-state index < -0.39 is 4.92 Å². The van der Waals surface area contributed by atoms with Crippen molar-refractivity contribution < 1.29 is 14.4 Å². The lowest BCUT2D eigenvalue weighted by Crippen LogP contribution is -2.46. The van der Waals surface area contributed by atoms with Gasteiger partial charge >= 0.3 is 0 Å². The van der Waals surface area contributed by atoms with E-state index in [9.17, 15) is 15.4 Å². The van der Waals surface area contributed by atoms with Crippen LogP contribution in [-0.4, -0.2) is 60.2 Å². The Morgan fingerprint density at radius 2 is 1.79 bits per heavy atom. The van der Waals surface area contributed by atoms with Crippen molar-refractivity contribution in [3.8, 4) is 17.6 Å². The third-order valence-corrected chi connectivity index (χ3v) is 4.63. The number of anilines is 1. The second kappa shape index (κ2) is 8.49. The molecule has 10 nitrogen and oxygen atoms in total. The molecule has 0 unspecified atom stereocenters. The molecule has 0 amide bonds. The molecule has 0 spiro atoms. The van der Waals surface area contributed by atoms with Gasteiger partial charge in [0, 0.05) is 50.7 Å². The molecule has 1 saturated heterocycles. The van der Waals surface area contributed by atoms with E-state index in [-0.39, 0.29) is 5.69 Å². The average molecular weight is 384 g/mol. The number of nitro benzene ring substituents is 1.